The van der Waals surface area contributed by atoms with E-state index in [0.717, 1.165) is 6.42 Å². The Morgan fingerprint density at radius 2 is 2.10 bits per heavy atom. The van der Waals surface area contributed by atoms with E-state index in [9.17, 15) is 13.2 Å². The molecular formula is C12H18ClN3O3S. The Hall–Kier alpha value is -1.31. The van der Waals surface area contributed by atoms with Gasteiger partial charge in [-0.25, -0.2) is 8.42 Å². The molecule has 4 N–H and O–H groups in total. The minimum Gasteiger partial charge on any atom is -0.398 e. The molecule has 112 valence electrons. The second-order valence-electron chi connectivity index (χ2n) is 4.32. The molecule has 1 unspecified atom stereocenters. The van der Waals surface area contributed by atoms with E-state index < -0.39 is 22.0 Å². The van der Waals surface area contributed by atoms with Crippen molar-refractivity contribution in [1.29, 1.82) is 0 Å². The molecule has 0 aliphatic heterocycles. The molecule has 1 amide bonds. The van der Waals surface area contributed by atoms with Crippen molar-refractivity contribution >= 4 is 33.2 Å². The zero-order valence-corrected chi connectivity index (χ0v) is 12.9. The first-order chi connectivity index (χ1) is 9.27. The van der Waals surface area contributed by atoms with Gasteiger partial charge in [-0.15, -0.1) is 0 Å². The van der Waals surface area contributed by atoms with E-state index >= 15 is 0 Å². The third-order valence-electron chi connectivity index (χ3n) is 2.54. The van der Waals surface area contributed by atoms with Crippen LogP contribution in [0.4, 0.5) is 5.69 Å². The largest absolute Gasteiger partial charge is 0.398 e. The zero-order chi connectivity index (χ0) is 15.3. The average molecular weight is 320 g/mol. The molecule has 0 saturated heterocycles. The number of sulfonamides is 1. The number of amides is 1. The lowest BCUT2D eigenvalue weighted by Gasteiger charge is -2.15. The Balaban J connectivity index is 2.89. The molecule has 1 aromatic rings. The molecule has 6 nitrogen and oxygen atoms in total. The van der Waals surface area contributed by atoms with Crippen LogP contribution in [0.15, 0.2) is 23.1 Å². The summed E-state index contributed by atoms with van der Waals surface area (Å²) in [5.74, 6) is -0.393. The zero-order valence-electron chi connectivity index (χ0n) is 11.3. The lowest BCUT2D eigenvalue weighted by Crippen LogP contribution is -2.45. The number of nitrogens with one attached hydrogen (secondary N) is 2. The van der Waals surface area contributed by atoms with Crippen LogP contribution in [0.25, 0.3) is 0 Å². The van der Waals surface area contributed by atoms with Crippen LogP contribution >= 0.6 is 11.6 Å². The van der Waals surface area contributed by atoms with Crippen molar-refractivity contribution < 1.29 is 13.2 Å². The first-order valence-corrected chi connectivity index (χ1v) is 7.99. The number of hydrogen-bond acceptors (Lipinski definition) is 4. The minimum atomic E-state index is -3.90. The van der Waals surface area contributed by atoms with Gasteiger partial charge >= 0.3 is 0 Å². The van der Waals surface area contributed by atoms with Gasteiger partial charge in [-0.05, 0) is 31.5 Å². The van der Waals surface area contributed by atoms with Gasteiger partial charge in [-0.3, -0.25) is 4.79 Å². The van der Waals surface area contributed by atoms with Gasteiger partial charge in [0.05, 0.1) is 11.7 Å². The Labute approximate surface area is 123 Å². The summed E-state index contributed by atoms with van der Waals surface area (Å²) >= 11 is 5.76. The van der Waals surface area contributed by atoms with Gasteiger partial charge in [0.15, 0.2) is 0 Å². The van der Waals surface area contributed by atoms with Crippen molar-refractivity contribution in [2.45, 2.75) is 31.2 Å². The van der Waals surface area contributed by atoms with Crippen LogP contribution in [0, 0.1) is 0 Å². The van der Waals surface area contributed by atoms with Gasteiger partial charge < -0.3 is 11.1 Å². The molecule has 0 aromatic heterocycles. The number of carbonyl (C=O) groups is 1. The van der Waals surface area contributed by atoms with Gasteiger partial charge in [0.2, 0.25) is 15.9 Å². The minimum absolute atomic E-state index is 0.0723. The maximum Gasteiger partial charge on any atom is 0.243 e. The second-order valence-corrected chi connectivity index (χ2v) is 6.43. The summed E-state index contributed by atoms with van der Waals surface area (Å²) in [5.41, 5.74) is 5.70. The van der Waals surface area contributed by atoms with E-state index in [4.69, 9.17) is 17.3 Å². The van der Waals surface area contributed by atoms with Gasteiger partial charge in [-0.2, -0.15) is 4.72 Å². The van der Waals surface area contributed by atoms with E-state index in [1.54, 1.807) is 0 Å². The van der Waals surface area contributed by atoms with Crippen molar-refractivity contribution in [3.63, 3.8) is 0 Å². The topological polar surface area (TPSA) is 101 Å². The molecule has 1 aromatic carbocycles. The summed E-state index contributed by atoms with van der Waals surface area (Å²) in [5, 5.41) is 2.86. The number of benzene rings is 1. The maximum absolute atomic E-state index is 12.2. The van der Waals surface area contributed by atoms with Crippen molar-refractivity contribution in [1.82, 2.24) is 10.0 Å². The van der Waals surface area contributed by atoms with E-state index in [2.05, 4.69) is 10.0 Å². The Morgan fingerprint density at radius 1 is 1.45 bits per heavy atom. The fourth-order valence-electron chi connectivity index (χ4n) is 1.49. The van der Waals surface area contributed by atoms with Crippen LogP contribution in [0.1, 0.15) is 20.3 Å². The average Bonchev–Trinajstić information content (AvgIpc) is 2.38. The van der Waals surface area contributed by atoms with E-state index in [1.165, 1.54) is 25.1 Å². The number of hydrogen-bond donors (Lipinski definition) is 3. The molecule has 0 saturated carbocycles. The van der Waals surface area contributed by atoms with Gasteiger partial charge in [0.1, 0.15) is 4.90 Å². The highest BCUT2D eigenvalue weighted by Crippen LogP contribution is 2.22. The van der Waals surface area contributed by atoms with Crippen molar-refractivity contribution in [2.75, 3.05) is 12.3 Å². The number of halogens is 1. The smallest absolute Gasteiger partial charge is 0.243 e. The lowest BCUT2D eigenvalue weighted by atomic mass is 10.3. The van der Waals surface area contributed by atoms with E-state index in [-0.39, 0.29) is 15.6 Å². The quantitative estimate of drug-likeness (QED) is 0.684. The molecule has 0 fully saturated rings. The number of anilines is 1. The predicted octanol–water partition coefficient (Wildman–Crippen LogP) is 1.12. The number of carbonyl (C=O) groups excluding carboxylic acids is 1. The standard InChI is InChI=1S/C12H18ClN3O3S/c1-3-6-15-12(17)8(2)16-20(18,19)11-7-9(13)4-5-10(11)14/h4-5,7-8,16H,3,6,14H2,1-2H3,(H,15,17). The van der Waals surface area contributed by atoms with Crippen LogP contribution in [0.5, 0.6) is 0 Å². The molecule has 0 spiro atoms. The third-order valence-corrected chi connectivity index (χ3v) is 4.37. The lowest BCUT2D eigenvalue weighted by molar-refractivity contribution is -0.122. The summed E-state index contributed by atoms with van der Waals surface area (Å²) < 4.78 is 26.6. The first kappa shape index (κ1) is 16.7. The van der Waals surface area contributed by atoms with Gasteiger partial charge in [0, 0.05) is 11.6 Å². The molecule has 0 aliphatic carbocycles. The van der Waals surface area contributed by atoms with Crippen LogP contribution in [0.3, 0.4) is 0 Å². The summed E-state index contributed by atoms with van der Waals surface area (Å²) in [6.07, 6.45) is 0.770. The third kappa shape index (κ3) is 4.36. The van der Waals surface area contributed by atoms with Gasteiger partial charge in [-0.1, -0.05) is 18.5 Å². The molecule has 0 radical (unpaired) electrons. The number of nitrogens with two attached hydrogens (primary N) is 1. The maximum atomic E-state index is 12.2. The summed E-state index contributed by atoms with van der Waals surface area (Å²) in [7, 11) is -3.90. The summed E-state index contributed by atoms with van der Waals surface area (Å²) in [6.45, 7) is 3.86. The molecule has 0 bridgehead atoms. The molecule has 0 aliphatic rings. The van der Waals surface area contributed by atoms with Crippen LogP contribution in [-0.4, -0.2) is 26.9 Å². The molecule has 20 heavy (non-hydrogen) atoms. The fourth-order valence-corrected chi connectivity index (χ4v) is 3.09. The molecule has 1 rings (SSSR count). The fraction of sp³-hybridized carbons (Fsp3) is 0.417. The van der Waals surface area contributed by atoms with Gasteiger partial charge in [0.25, 0.3) is 0 Å². The summed E-state index contributed by atoms with van der Waals surface area (Å²) in [4.78, 5) is 11.5. The van der Waals surface area contributed by atoms with Crippen LogP contribution in [0.2, 0.25) is 5.02 Å². The van der Waals surface area contributed by atoms with Crippen molar-refractivity contribution in [3.05, 3.63) is 23.2 Å². The highest BCUT2D eigenvalue weighted by molar-refractivity contribution is 7.89. The van der Waals surface area contributed by atoms with Crippen molar-refractivity contribution in [3.8, 4) is 0 Å². The molecule has 8 heteroatoms. The van der Waals surface area contributed by atoms with E-state index in [0.29, 0.717) is 6.54 Å². The van der Waals surface area contributed by atoms with Crippen LogP contribution < -0.4 is 15.8 Å². The number of rotatable bonds is 6. The Kier molecular flexibility index (Phi) is 5.79. The normalized spacial score (nSPS) is 12.9. The highest BCUT2D eigenvalue weighted by Gasteiger charge is 2.23. The van der Waals surface area contributed by atoms with Crippen LogP contribution in [-0.2, 0) is 14.8 Å². The van der Waals surface area contributed by atoms with E-state index in [1.807, 2.05) is 6.92 Å². The molecule has 1 atom stereocenters. The highest BCUT2D eigenvalue weighted by atomic mass is 35.5. The SMILES string of the molecule is CCCNC(=O)C(C)NS(=O)(=O)c1cc(Cl)ccc1N. The van der Waals surface area contributed by atoms with Crippen molar-refractivity contribution in [2.24, 2.45) is 0 Å². The first-order valence-electron chi connectivity index (χ1n) is 6.13. The Bertz CT molecular complexity index is 590. The predicted molar refractivity (Wildman–Crippen MR) is 78.9 cm³/mol. The number of nitrogen functional groups attached to an aromatic ring is 1. The molecular weight excluding hydrogens is 302 g/mol. The monoisotopic (exact) mass is 319 g/mol. The Morgan fingerprint density at radius 3 is 2.70 bits per heavy atom. The molecule has 0 heterocycles. The second kappa shape index (κ2) is 6.92. The summed E-state index contributed by atoms with van der Waals surface area (Å²) in [6, 6.07) is 3.24.